The highest BCUT2D eigenvalue weighted by Crippen LogP contribution is 2.54. The van der Waals surface area contributed by atoms with Crippen LogP contribution in [-0.4, -0.2) is 23.0 Å². The second kappa shape index (κ2) is 7.64. The molecule has 5 nitrogen and oxygen atoms in total. The summed E-state index contributed by atoms with van der Waals surface area (Å²) in [6, 6.07) is 5.79. The molecule has 0 saturated carbocycles. The fourth-order valence-electron chi connectivity index (χ4n) is 4.18. The van der Waals surface area contributed by atoms with Crippen LogP contribution in [0.2, 0.25) is 0 Å². The molecule has 0 unspecified atom stereocenters. The SMILES string of the molecule is CC1=CC[C@H]2[C@H](C1)c1c(O)cc(/C(C)=N\OCCCC#N)cc1OC2(C)C. The lowest BCUT2D eigenvalue weighted by atomic mass is 9.67. The van der Waals surface area contributed by atoms with Gasteiger partial charge in [0.15, 0.2) is 0 Å². The van der Waals surface area contributed by atoms with Gasteiger partial charge in [0, 0.05) is 29.4 Å². The van der Waals surface area contributed by atoms with Gasteiger partial charge in [-0.1, -0.05) is 16.8 Å². The van der Waals surface area contributed by atoms with Crippen LogP contribution in [0.1, 0.15) is 70.4 Å². The van der Waals surface area contributed by atoms with Gasteiger partial charge in [0.1, 0.15) is 23.7 Å². The quantitative estimate of drug-likeness (QED) is 0.342. The highest BCUT2D eigenvalue weighted by Gasteiger charge is 2.45. The second-order valence-electron chi connectivity index (χ2n) is 8.09. The molecule has 0 bridgehead atoms. The summed E-state index contributed by atoms with van der Waals surface area (Å²) in [5.74, 6) is 1.62. The van der Waals surface area contributed by atoms with Gasteiger partial charge in [0.05, 0.1) is 11.8 Å². The number of hydrogen-bond donors (Lipinski definition) is 1. The maximum absolute atomic E-state index is 10.8. The number of nitriles is 1. The molecule has 0 saturated heterocycles. The first-order valence-corrected chi connectivity index (χ1v) is 9.59. The molecule has 2 aliphatic rings. The molecule has 27 heavy (non-hydrogen) atoms. The minimum atomic E-state index is -0.293. The zero-order valence-electron chi connectivity index (χ0n) is 16.6. The standard InChI is InChI=1S/C22H28N2O3/c1-14-7-8-18-17(11-14)21-19(25)12-16(13-20(21)27-22(18,3)4)15(2)24-26-10-6-5-9-23/h7,12-13,17-18,25H,5-6,8,10-11H2,1-4H3/b24-15-/t17-,18-/m0/s1. The van der Waals surface area contributed by atoms with E-state index in [9.17, 15) is 5.11 Å². The first-order valence-electron chi connectivity index (χ1n) is 9.59. The van der Waals surface area contributed by atoms with E-state index in [0.717, 1.165) is 29.7 Å². The number of unbranched alkanes of at least 4 members (excludes halogenated alkanes) is 1. The Balaban J connectivity index is 1.89. The Morgan fingerprint density at radius 3 is 2.96 bits per heavy atom. The van der Waals surface area contributed by atoms with Crippen molar-refractivity contribution in [3.8, 4) is 17.6 Å². The maximum Gasteiger partial charge on any atom is 0.127 e. The van der Waals surface area contributed by atoms with Crippen LogP contribution >= 0.6 is 0 Å². The number of ether oxygens (including phenoxy) is 1. The maximum atomic E-state index is 10.8. The highest BCUT2D eigenvalue weighted by molar-refractivity contribution is 5.99. The van der Waals surface area contributed by atoms with E-state index in [0.29, 0.717) is 31.1 Å². The van der Waals surface area contributed by atoms with Crippen molar-refractivity contribution < 1.29 is 14.7 Å². The molecule has 144 valence electrons. The fraction of sp³-hybridized carbons (Fsp3) is 0.545. The van der Waals surface area contributed by atoms with E-state index in [4.69, 9.17) is 14.8 Å². The topological polar surface area (TPSA) is 74.8 Å². The van der Waals surface area contributed by atoms with Crippen molar-refractivity contribution in [1.82, 2.24) is 0 Å². The third-order valence-corrected chi connectivity index (χ3v) is 5.65. The van der Waals surface area contributed by atoms with Crippen molar-refractivity contribution >= 4 is 5.71 Å². The third-order valence-electron chi connectivity index (χ3n) is 5.65. The molecule has 0 fully saturated rings. The molecule has 2 atom stereocenters. The summed E-state index contributed by atoms with van der Waals surface area (Å²) in [4.78, 5) is 5.28. The number of aromatic hydroxyl groups is 1. The van der Waals surface area contributed by atoms with Crippen molar-refractivity contribution in [3.63, 3.8) is 0 Å². The number of nitrogens with zero attached hydrogens (tertiary/aromatic N) is 2. The summed E-state index contributed by atoms with van der Waals surface area (Å²) >= 11 is 0. The Labute approximate surface area is 161 Å². The molecule has 1 aromatic rings. The van der Waals surface area contributed by atoms with Crippen LogP contribution in [0.25, 0.3) is 0 Å². The van der Waals surface area contributed by atoms with E-state index in [1.54, 1.807) is 6.07 Å². The molecule has 1 aromatic carbocycles. The van der Waals surface area contributed by atoms with E-state index >= 15 is 0 Å². The van der Waals surface area contributed by atoms with Crippen molar-refractivity contribution in [2.75, 3.05) is 6.61 Å². The first kappa shape index (κ1) is 19.3. The molecule has 1 aliphatic carbocycles. The van der Waals surface area contributed by atoms with Gasteiger partial charge in [0.2, 0.25) is 0 Å². The smallest absolute Gasteiger partial charge is 0.127 e. The van der Waals surface area contributed by atoms with E-state index < -0.39 is 0 Å². The minimum absolute atomic E-state index is 0.265. The number of hydrogen-bond acceptors (Lipinski definition) is 5. The van der Waals surface area contributed by atoms with Crippen LogP contribution in [0.5, 0.6) is 11.5 Å². The van der Waals surface area contributed by atoms with E-state index in [1.807, 2.05) is 13.0 Å². The number of benzene rings is 1. The van der Waals surface area contributed by atoms with Crippen LogP contribution in [0.3, 0.4) is 0 Å². The average Bonchev–Trinajstić information content (AvgIpc) is 2.60. The number of allylic oxidation sites excluding steroid dienone is 2. The number of fused-ring (bicyclic) bond motifs is 3. The summed E-state index contributed by atoms with van der Waals surface area (Å²) in [6.07, 6.45) is 5.32. The Bertz CT molecular complexity index is 818. The lowest BCUT2D eigenvalue weighted by Gasteiger charge is -2.47. The van der Waals surface area contributed by atoms with Gasteiger partial charge >= 0.3 is 0 Å². The van der Waals surface area contributed by atoms with Gasteiger partial charge in [-0.05, 0) is 59.1 Å². The Morgan fingerprint density at radius 2 is 2.22 bits per heavy atom. The van der Waals surface area contributed by atoms with Gasteiger partial charge in [-0.2, -0.15) is 5.26 Å². The lowest BCUT2D eigenvalue weighted by molar-refractivity contribution is 0.00760. The van der Waals surface area contributed by atoms with E-state index in [-0.39, 0.29) is 17.3 Å². The molecule has 0 amide bonds. The average molecular weight is 368 g/mol. The summed E-state index contributed by atoms with van der Waals surface area (Å²) < 4.78 is 6.33. The zero-order valence-corrected chi connectivity index (χ0v) is 16.6. The molecule has 1 N–H and O–H groups in total. The number of phenolic OH excluding ortho intramolecular Hbond substituents is 1. The molecule has 0 spiro atoms. The monoisotopic (exact) mass is 368 g/mol. The molecule has 0 radical (unpaired) electrons. The zero-order chi connectivity index (χ0) is 19.6. The highest BCUT2D eigenvalue weighted by atomic mass is 16.6. The van der Waals surface area contributed by atoms with Gasteiger partial charge in [-0.25, -0.2) is 0 Å². The largest absolute Gasteiger partial charge is 0.507 e. The summed E-state index contributed by atoms with van der Waals surface area (Å²) in [7, 11) is 0. The normalized spacial score (nSPS) is 23.4. The Morgan fingerprint density at radius 1 is 1.44 bits per heavy atom. The minimum Gasteiger partial charge on any atom is -0.507 e. The fourth-order valence-corrected chi connectivity index (χ4v) is 4.18. The predicted octanol–water partition coefficient (Wildman–Crippen LogP) is 5.05. The van der Waals surface area contributed by atoms with Crippen molar-refractivity contribution in [1.29, 1.82) is 5.26 Å². The predicted molar refractivity (Wildman–Crippen MR) is 105 cm³/mol. The first-order chi connectivity index (χ1) is 12.8. The molecular formula is C22H28N2O3. The summed E-state index contributed by atoms with van der Waals surface area (Å²) in [6.45, 7) is 8.66. The molecule has 1 heterocycles. The molecule has 1 aliphatic heterocycles. The molecule has 5 heteroatoms. The lowest BCUT2D eigenvalue weighted by Crippen LogP contribution is -2.45. The second-order valence-corrected chi connectivity index (χ2v) is 8.09. The number of oxime groups is 1. The Hall–Kier alpha value is -2.48. The van der Waals surface area contributed by atoms with Crippen molar-refractivity contribution in [2.45, 2.75) is 64.9 Å². The van der Waals surface area contributed by atoms with Gasteiger partial charge < -0.3 is 14.7 Å². The molecular weight excluding hydrogens is 340 g/mol. The van der Waals surface area contributed by atoms with Gasteiger partial charge in [0.25, 0.3) is 0 Å². The van der Waals surface area contributed by atoms with Gasteiger partial charge in [-0.3, -0.25) is 0 Å². The van der Waals surface area contributed by atoms with Crippen LogP contribution in [-0.2, 0) is 4.84 Å². The van der Waals surface area contributed by atoms with Crippen molar-refractivity contribution in [2.24, 2.45) is 11.1 Å². The number of rotatable bonds is 5. The van der Waals surface area contributed by atoms with Crippen LogP contribution in [0, 0.1) is 17.2 Å². The molecule has 0 aromatic heterocycles. The third kappa shape index (κ3) is 3.95. The van der Waals surface area contributed by atoms with Crippen molar-refractivity contribution in [3.05, 3.63) is 34.9 Å². The van der Waals surface area contributed by atoms with Gasteiger partial charge in [-0.15, -0.1) is 0 Å². The van der Waals surface area contributed by atoms with E-state index in [2.05, 4.69) is 38.1 Å². The van der Waals surface area contributed by atoms with Crippen LogP contribution < -0.4 is 4.74 Å². The van der Waals surface area contributed by atoms with Crippen LogP contribution in [0.15, 0.2) is 28.9 Å². The number of phenols is 1. The van der Waals surface area contributed by atoms with Crippen LogP contribution in [0.4, 0.5) is 0 Å². The summed E-state index contributed by atoms with van der Waals surface area (Å²) in [5, 5.41) is 23.5. The summed E-state index contributed by atoms with van der Waals surface area (Å²) in [5.41, 5.74) is 3.45. The molecule has 3 rings (SSSR count). The Kier molecular flexibility index (Phi) is 5.46. The van der Waals surface area contributed by atoms with E-state index in [1.165, 1.54) is 5.57 Å².